The summed E-state index contributed by atoms with van der Waals surface area (Å²) in [7, 11) is 0. The highest BCUT2D eigenvalue weighted by atomic mass is 16.6. The largest absolute Gasteiger partial charge is 0.437 e. The molecule has 0 aliphatic rings. The molecule has 22 heavy (non-hydrogen) atoms. The number of rotatable bonds is 4. The van der Waals surface area contributed by atoms with Crippen LogP contribution in [0.25, 0.3) is 10.9 Å². The molecular formula is C17H22N2O3. The summed E-state index contributed by atoms with van der Waals surface area (Å²) in [6, 6.07) is 9.74. The lowest BCUT2D eigenvalue weighted by atomic mass is 10.1. The van der Waals surface area contributed by atoms with Crippen molar-refractivity contribution in [1.82, 2.24) is 4.98 Å². The van der Waals surface area contributed by atoms with Crippen molar-refractivity contribution in [3.05, 3.63) is 41.6 Å². The zero-order valence-electron chi connectivity index (χ0n) is 13.4. The number of fused-ring (bicyclic) bond motifs is 1. The summed E-state index contributed by atoms with van der Waals surface area (Å²) in [5, 5.41) is 1.07. The lowest BCUT2D eigenvalue weighted by Gasteiger charge is -2.24. The van der Waals surface area contributed by atoms with Gasteiger partial charge in [0.25, 0.3) is 0 Å². The number of aromatic nitrogens is 1. The predicted octanol–water partition coefficient (Wildman–Crippen LogP) is 3.49. The van der Waals surface area contributed by atoms with Crippen LogP contribution in [0.2, 0.25) is 0 Å². The van der Waals surface area contributed by atoms with Crippen molar-refractivity contribution in [1.29, 1.82) is 0 Å². The minimum atomic E-state index is -0.838. The summed E-state index contributed by atoms with van der Waals surface area (Å²) in [6.07, 6.45) is -1.46. The highest BCUT2D eigenvalue weighted by Crippen LogP contribution is 2.24. The molecule has 1 aromatic carbocycles. The van der Waals surface area contributed by atoms with Crippen LogP contribution in [0.1, 0.15) is 38.1 Å². The molecule has 0 bridgehead atoms. The highest BCUT2D eigenvalue weighted by Gasteiger charge is 2.22. The van der Waals surface area contributed by atoms with Gasteiger partial charge in [-0.2, -0.15) is 0 Å². The van der Waals surface area contributed by atoms with Gasteiger partial charge in [-0.15, -0.1) is 0 Å². The van der Waals surface area contributed by atoms with E-state index in [0.717, 1.165) is 16.5 Å². The Bertz CT molecular complexity index is 677. The van der Waals surface area contributed by atoms with Crippen LogP contribution >= 0.6 is 0 Å². The SMILES string of the molecule is Cc1cc(C(COC(C)(C)C)OC(N)=O)nc2ccccc12. The first-order valence-electron chi connectivity index (χ1n) is 7.22. The van der Waals surface area contributed by atoms with Crippen LogP contribution in [0.3, 0.4) is 0 Å². The van der Waals surface area contributed by atoms with Crippen LogP contribution in [-0.4, -0.2) is 23.3 Å². The number of ether oxygens (including phenoxy) is 2. The van der Waals surface area contributed by atoms with Crippen molar-refractivity contribution in [2.45, 2.75) is 39.4 Å². The smallest absolute Gasteiger partial charge is 0.405 e. The molecule has 0 fully saturated rings. The van der Waals surface area contributed by atoms with Crippen molar-refractivity contribution in [3.63, 3.8) is 0 Å². The Balaban J connectivity index is 2.35. The van der Waals surface area contributed by atoms with Crippen LogP contribution in [0.15, 0.2) is 30.3 Å². The molecule has 5 heteroatoms. The minimum absolute atomic E-state index is 0.206. The summed E-state index contributed by atoms with van der Waals surface area (Å²) in [5.41, 5.74) is 7.39. The van der Waals surface area contributed by atoms with Crippen LogP contribution in [0.5, 0.6) is 0 Å². The van der Waals surface area contributed by atoms with Crippen LogP contribution < -0.4 is 5.73 Å². The molecule has 1 atom stereocenters. The van der Waals surface area contributed by atoms with E-state index in [1.807, 2.05) is 58.0 Å². The van der Waals surface area contributed by atoms with E-state index < -0.39 is 12.2 Å². The summed E-state index contributed by atoms with van der Waals surface area (Å²) in [4.78, 5) is 15.8. The molecule has 0 aliphatic carbocycles. The van der Waals surface area contributed by atoms with Gasteiger partial charge in [-0.1, -0.05) is 18.2 Å². The minimum Gasteiger partial charge on any atom is -0.437 e. The van der Waals surface area contributed by atoms with Crippen LogP contribution in [0.4, 0.5) is 4.79 Å². The van der Waals surface area contributed by atoms with E-state index in [1.54, 1.807) is 0 Å². The normalized spacial score (nSPS) is 13.1. The van der Waals surface area contributed by atoms with Gasteiger partial charge in [-0.05, 0) is 45.4 Å². The zero-order valence-corrected chi connectivity index (χ0v) is 13.4. The maximum absolute atomic E-state index is 11.2. The van der Waals surface area contributed by atoms with Crippen molar-refractivity contribution in [2.24, 2.45) is 5.73 Å². The number of nitrogens with two attached hydrogens (primary N) is 1. The topological polar surface area (TPSA) is 74.4 Å². The molecule has 2 N–H and O–H groups in total. The number of hydrogen-bond donors (Lipinski definition) is 1. The number of primary amides is 1. The molecule has 2 aromatic rings. The van der Waals surface area contributed by atoms with Crippen molar-refractivity contribution < 1.29 is 14.3 Å². The van der Waals surface area contributed by atoms with Gasteiger partial charge >= 0.3 is 6.09 Å². The van der Waals surface area contributed by atoms with Gasteiger partial charge < -0.3 is 15.2 Å². The molecule has 0 aliphatic heterocycles. The van der Waals surface area contributed by atoms with E-state index in [2.05, 4.69) is 4.98 Å². The number of amides is 1. The number of nitrogens with zero attached hydrogens (tertiary/aromatic N) is 1. The number of hydrogen-bond acceptors (Lipinski definition) is 4. The molecule has 1 heterocycles. The summed E-state index contributed by atoms with van der Waals surface area (Å²) >= 11 is 0. The van der Waals surface area contributed by atoms with E-state index in [9.17, 15) is 4.79 Å². The van der Waals surface area contributed by atoms with Crippen molar-refractivity contribution >= 4 is 17.0 Å². The van der Waals surface area contributed by atoms with E-state index in [-0.39, 0.29) is 12.2 Å². The molecule has 0 saturated heterocycles. The van der Waals surface area contributed by atoms with Gasteiger partial charge in [0.15, 0.2) is 6.10 Å². The quantitative estimate of drug-likeness (QED) is 0.938. The van der Waals surface area contributed by atoms with Gasteiger partial charge in [0, 0.05) is 5.39 Å². The number of para-hydroxylation sites is 1. The first-order valence-corrected chi connectivity index (χ1v) is 7.22. The molecular weight excluding hydrogens is 280 g/mol. The second-order valence-electron chi connectivity index (χ2n) is 6.23. The summed E-state index contributed by atoms with van der Waals surface area (Å²) in [6.45, 7) is 8.02. The highest BCUT2D eigenvalue weighted by molar-refractivity contribution is 5.82. The zero-order chi connectivity index (χ0) is 16.3. The monoisotopic (exact) mass is 302 g/mol. The van der Waals surface area contributed by atoms with E-state index >= 15 is 0 Å². The third-order valence-corrected chi connectivity index (χ3v) is 3.20. The molecule has 1 amide bonds. The third kappa shape index (κ3) is 4.18. The van der Waals surface area contributed by atoms with Gasteiger partial charge in [-0.3, -0.25) is 0 Å². The van der Waals surface area contributed by atoms with E-state index in [0.29, 0.717) is 5.69 Å². The second-order valence-corrected chi connectivity index (χ2v) is 6.23. The Morgan fingerprint density at radius 2 is 2.00 bits per heavy atom. The summed E-state index contributed by atoms with van der Waals surface area (Å²) < 4.78 is 10.9. The number of pyridine rings is 1. The number of benzene rings is 1. The van der Waals surface area contributed by atoms with Gasteiger partial charge in [0.1, 0.15) is 0 Å². The fourth-order valence-corrected chi connectivity index (χ4v) is 2.19. The molecule has 0 radical (unpaired) electrons. The standard InChI is InChI=1S/C17H22N2O3/c1-11-9-14(19-13-8-6-5-7-12(11)13)15(22-16(18)20)10-21-17(2,3)4/h5-9,15H,10H2,1-4H3,(H2,18,20). The third-order valence-electron chi connectivity index (χ3n) is 3.20. The Labute approximate surface area is 130 Å². The number of carbonyl (C=O) groups excluding carboxylic acids is 1. The summed E-state index contributed by atoms with van der Waals surface area (Å²) in [5.74, 6) is 0. The number of aryl methyl sites for hydroxylation is 1. The average molecular weight is 302 g/mol. The molecule has 1 aromatic heterocycles. The fourth-order valence-electron chi connectivity index (χ4n) is 2.19. The molecule has 118 valence electrons. The Kier molecular flexibility index (Phi) is 4.66. The maximum Gasteiger partial charge on any atom is 0.405 e. The fraction of sp³-hybridized carbons (Fsp3) is 0.412. The van der Waals surface area contributed by atoms with Gasteiger partial charge in [0.05, 0.1) is 23.4 Å². The second kappa shape index (κ2) is 6.32. The molecule has 0 spiro atoms. The van der Waals surface area contributed by atoms with E-state index in [1.165, 1.54) is 0 Å². The van der Waals surface area contributed by atoms with Crippen molar-refractivity contribution in [3.8, 4) is 0 Å². The number of carbonyl (C=O) groups is 1. The van der Waals surface area contributed by atoms with E-state index in [4.69, 9.17) is 15.2 Å². The maximum atomic E-state index is 11.2. The van der Waals surface area contributed by atoms with Crippen molar-refractivity contribution in [2.75, 3.05) is 6.61 Å². The molecule has 5 nitrogen and oxygen atoms in total. The Morgan fingerprint density at radius 3 is 2.64 bits per heavy atom. The lowest BCUT2D eigenvalue weighted by Crippen LogP contribution is -2.27. The molecule has 2 rings (SSSR count). The van der Waals surface area contributed by atoms with Gasteiger partial charge in [0.2, 0.25) is 0 Å². The van der Waals surface area contributed by atoms with Crippen LogP contribution in [0, 0.1) is 6.92 Å². The van der Waals surface area contributed by atoms with Crippen LogP contribution in [-0.2, 0) is 9.47 Å². The first kappa shape index (κ1) is 16.2. The molecule has 1 unspecified atom stereocenters. The predicted molar refractivity (Wildman–Crippen MR) is 85.6 cm³/mol. The lowest BCUT2D eigenvalue weighted by molar-refractivity contribution is -0.0534. The molecule has 0 saturated carbocycles. The first-order chi connectivity index (χ1) is 10.3. The Morgan fingerprint density at radius 1 is 1.32 bits per heavy atom. The average Bonchev–Trinajstić information content (AvgIpc) is 2.42. The van der Waals surface area contributed by atoms with Gasteiger partial charge in [-0.25, -0.2) is 9.78 Å². The Hall–Kier alpha value is -2.14.